The van der Waals surface area contributed by atoms with Gasteiger partial charge in [-0.25, -0.2) is 0 Å². The Morgan fingerprint density at radius 2 is 1.93 bits per heavy atom. The van der Waals surface area contributed by atoms with Gasteiger partial charge in [0, 0.05) is 17.9 Å². The maximum Gasteiger partial charge on any atom is 0.221 e. The second-order valence-electron chi connectivity index (χ2n) is 4.44. The van der Waals surface area contributed by atoms with Crippen LogP contribution in [-0.2, 0) is 4.79 Å². The number of nitrogens with one attached hydrogen (secondary N) is 1. The Kier molecular flexibility index (Phi) is 2.06. The minimum atomic E-state index is -0.113. The van der Waals surface area contributed by atoms with E-state index in [4.69, 9.17) is 0 Å². The van der Waals surface area contributed by atoms with Crippen LogP contribution < -0.4 is 5.32 Å². The highest BCUT2D eigenvalue weighted by molar-refractivity contribution is 5.81. The van der Waals surface area contributed by atoms with Gasteiger partial charge in [0.1, 0.15) is 0 Å². The van der Waals surface area contributed by atoms with Crippen molar-refractivity contribution >= 4 is 5.91 Å². The van der Waals surface area contributed by atoms with Crippen LogP contribution in [0.15, 0.2) is 30.3 Å². The van der Waals surface area contributed by atoms with Crippen LogP contribution in [0.5, 0.6) is 0 Å². The first-order valence-corrected chi connectivity index (χ1v) is 4.95. The summed E-state index contributed by atoms with van der Waals surface area (Å²) < 4.78 is 0. The SMILES string of the molecule is CC1(C)NC(=O)C[C@H]1c1ccccc1. The van der Waals surface area contributed by atoms with E-state index in [9.17, 15) is 4.79 Å². The highest BCUT2D eigenvalue weighted by Crippen LogP contribution is 2.35. The molecule has 0 bridgehead atoms. The summed E-state index contributed by atoms with van der Waals surface area (Å²) in [7, 11) is 0. The first-order valence-electron chi connectivity index (χ1n) is 4.95. The number of carbonyl (C=O) groups excluding carboxylic acids is 1. The minimum absolute atomic E-state index is 0.113. The van der Waals surface area contributed by atoms with Crippen molar-refractivity contribution in [3.05, 3.63) is 35.9 Å². The van der Waals surface area contributed by atoms with Crippen LogP contribution in [0.2, 0.25) is 0 Å². The van der Waals surface area contributed by atoms with Crippen LogP contribution in [-0.4, -0.2) is 11.4 Å². The van der Waals surface area contributed by atoms with Crippen LogP contribution in [0, 0.1) is 0 Å². The van der Waals surface area contributed by atoms with Crippen molar-refractivity contribution in [2.75, 3.05) is 0 Å². The fourth-order valence-corrected chi connectivity index (χ4v) is 2.16. The van der Waals surface area contributed by atoms with Crippen LogP contribution in [0.3, 0.4) is 0 Å². The largest absolute Gasteiger partial charge is 0.351 e. The molecule has 1 aromatic rings. The maximum atomic E-state index is 11.3. The predicted molar refractivity (Wildman–Crippen MR) is 56.0 cm³/mol. The van der Waals surface area contributed by atoms with E-state index in [1.807, 2.05) is 18.2 Å². The Hall–Kier alpha value is -1.31. The van der Waals surface area contributed by atoms with Crippen LogP contribution in [0.1, 0.15) is 31.7 Å². The fourth-order valence-electron chi connectivity index (χ4n) is 2.16. The monoisotopic (exact) mass is 189 g/mol. The lowest BCUT2D eigenvalue weighted by molar-refractivity contribution is -0.119. The molecule has 1 fully saturated rings. The van der Waals surface area contributed by atoms with Crippen molar-refractivity contribution in [3.63, 3.8) is 0 Å². The maximum absolute atomic E-state index is 11.3. The van der Waals surface area contributed by atoms with Crippen molar-refractivity contribution in [2.24, 2.45) is 0 Å². The van der Waals surface area contributed by atoms with Gasteiger partial charge >= 0.3 is 0 Å². The molecule has 1 aromatic carbocycles. The average molecular weight is 189 g/mol. The highest BCUT2D eigenvalue weighted by Gasteiger charge is 2.39. The molecule has 0 unspecified atom stereocenters. The summed E-state index contributed by atoms with van der Waals surface area (Å²) in [6.45, 7) is 4.16. The molecule has 1 aliphatic rings. The summed E-state index contributed by atoms with van der Waals surface area (Å²) in [5.41, 5.74) is 1.13. The second-order valence-corrected chi connectivity index (χ2v) is 4.44. The van der Waals surface area contributed by atoms with Crippen LogP contribution in [0.25, 0.3) is 0 Å². The van der Waals surface area contributed by atoms with Gasteiger partial charge in [-0.2, -0.15) is 0 Å². The van der Waals surface area contributed by atoms with E-state index in [0.29, 0.717) is 12.3 Å². The molecular weight excluding hydrogens is 174 g/mol. The van der Waals surface area contributed by atoms with Crippen molar-refractivity contribution in [1.29, 1.82) is 0 Å². The molecule has 0 saturated carbocycles. The summed E-state index contributed by atoms with van der Waals surface area (Å²) in [4.78, 5) is 11.3. The number of benzene rings is 1. The molecule has 0 aromatic heterocycles. The molecule has 0 spiro atoms. The second kappa shape index (κ2) is 3.12. The van der Waals surface area contributed by atoms with E-state index in [1.165, 1.54) is 5.56 Å². The summed E-state index contributed by atoms with van der Waals surface area (Å²) in [6.07, 6.45) is 0.608. The Morgan fingerprint density at radius 1 is 1.29 bits per heavy atom. The molecular formula is C12H15NO. The normalized spacial score (nSPS) is 24.7. The zero-order valence-corrected chi connectivity index (χ0v) is 8.58. The predicted octanol–water partition coefficient (Wildman–Crippen LogP) is 2.07. The molecule has 1 aliphatic heterocycles. The molecule has 14 heavy (non-hydrogen) atoms. The number of hydrogen-bond donors (Lipinski definition) is 1. The van der Waals surface area contributed by atoms with E-state index in [2.05, 4.69) is 31.3 Å². The van der Waals surface area contributed by atoms with Gasteiger partial charge in [-0.05, 0) is 19.4 Å². The molecule has 0 radical (unpaired) electrons. The number of amides is 1. The quantitative estimate of drug-likeness (QED) is 0.720. The summed E-state index contributed by atoms with van der Waals surface area (Å²) in [5, 5.41) is 3.00. The first kappa shape index (κ1) is 9.25. The van der Waals surface area contributed by atoms with Crippen LogP contribution >= 0.6 is 0 Å². The summed E-state index contributed by atoms with van der Waals surface area (Å²) >= 11 is 0. The van der Waals surface area contributed by atoms with E-state index < -0.39 is 0 Å². The Morgan fingerprint density at radius 3 is 2.43 bits per heavy atom. The Bertz CT molecular complexity index is 343. The zero-order chi connectivity index (χ0) is 10.2. The standard InChI is InChI=1S/C12H15NO/c1-12(2)10(8-11(14)13-12)9-6-4-3-5-7-9/h3-7,10H,8H2,1-2H3,(H,13,14)/t10-/m0/s1. The van der Waals surface area contributed by atoms with Gasteiger partial charge in [-0.3, -0.25) is 4.79 Å². The third-order valence-electron chi connectivity index (χ3n) is 2.92. The molecule has 2 heteroatoms. The molecule has 74 valence electrons. The molecule has 2 nitrogen and oxygen atoms in total. The molecule has 1 atom stereocenters. The van der Waals surface area contributed by atoms with Crippen molar-refractivity contribution < 1.29 is 4.79 Å². The number of hydrogen-bond acceptors (Lipinski definition) is 1. The summed E-state index contributed by atoms with van der Waals surface area (Å²) in [5.74, 6) is 0.458. The van der Waals surface area contributed by atoms with Gasteiger partial charge in [-0.15, -0.1) is 0 Å². The molecule has 1 heterocycles. The lowest BCUT2D eigenvalue weighted by Crippen LogP contribution is -2.38. The van der Waals surface area contributed by atoms with Crippen molar-refractivity contribution in [2.45, 2.75) is 31.7 Å². The first-order chi connectivity index (χ1) is 6.59. The van der Waals surface area contributed by atoms with Gasteiger partial charge in [0.15, 0.2) is 0 Å². The third-order valence-corrected chi connectivity index (χ3v) is 2.92. The van der Waals surface area contributed by atoms with E-state index >= 15 is 0 Å². The topological polar surface area (TPSA) is 29.1 Å². The van der Waals surface area contributed by atoms with Crippen LogP contribution in [0.4, 0.5) is 0 Å². The van der Waals surface area contributed by atoms with Gasteiger partial charge in [0.25, 0.3) is 0 Å². The smallest absolute Gasteiger partial charge is 0.221 e. The molecule has 1 amide bonds. The van der Waals surface area contributed by atoms with Gasteiger partial charge in [0.05, 0.1) is 0 Å². The van der Waals surface area contributed by atoms with E-state index in [0.717, 1.165) is 0 Å². The lowest BCUT2D eigenvalue weighted by atomic mass is 9.83. The summed E-state index contributed by atoms with van der Waals surface area (Å²) in [6, 6.07) is 10.2. The highest BCUT2D eigenvalue weighted by atomic mass is 16.2. The Labute approximate surface area is 84.3 Å². The average Bonchev–Trinajstić information content (AvgIpc) is 2.41. The molecule has 0 aliphatic carbocycles. The van der Waals surface area contributed by atoms with Crippen molar-refractivity contribution in [1.82, 2.24) is 5.32 Å². The van der Waals surface area contributed by atoms with Gasteiger partial charge < -0.3 is 5.32 Å². The number of carbonyl (C=O) groups is 1. The fraction of sp³-hybridized carbons (Fsp3) is 0.417. The molecule has 2 rings (SSSR count). The van der Waals surface area contributed by atoms with Gasteiger partial charge in [-0.1, -0.05) is 30.3 Å². The molecule has 1 saturated heterocycles. The zero-order valence-electron chi connectivity index (χ0n) is 8.58. The lowest BCUT2D eigenvalue weighted by Gasteiger charge is -2.26. The van der Waals surface area contributed by atoms with E-state index in [1.54, 1.807) is 0 Å². The van der Waals surface area contributed by atoms with Gasteiger partial charge in [0.2, 0.25) is 5.91 Å². The van der Waals surface area contributed by atoms with E-state index in [-0.39, 0.29) is 11.4 Å². The number of rotatable bonds is 1. The molecule has 1 N–H and O–H groups in total. The minimum Gasteiger partial charge on any atom is -0.351 e. The van der Waals surface area contributed by atoms with Crippen molar-refractivity contribution in [3.8, 4) is 0 Å². The Balaban J connectivity index is 2.32. The third kappa shape index (κ3) is 1.52.